The average Bonchev–Trinajstić information content (AvgIpc) is 3.29. The van der Waals surface area contributed by atoms with E-state index in [4.69, 9.17) is 4.74 Å². The molecule has 0 fully saturated rings. The zero-order valence-electron chi connectivity index (χ0n) is 16.7. The lowest BCUT2D eigenvalue weighted by Crippen LogP contribution is -2.42. The largest absolute Gasteiger partial charge is 0.480 e. The SMILES string of the molecule is O=C(Oc1ccc(-c2ccccc2)cc1)c1cccc2c1N[C@H](C(=O)O)[C@@H]1CC=C[C@@H]21. The molecule has 0 unspecified atom stereocenters. The van der Waals surface area contributed by atoms with Crippen molar-refractivity contribution in [2.24, 2.45) is 5.92 Å². The van der Waals surface area contributed by atoms with E-state index in [0.717, 1.165) is 16.7 Å². The monoisotopic (exact) mass is 411 g/mol. The van der Waals surface area contributed by atoms with E-state index >= 15 is 0 Å². The van der Waals surface area contributed by atoms with Crippen LogP contribution >= 0.6 is 0 Å². The van der Waals surface area contributed by atoms with Gasteiger partial charge >= 0.3 is 11.9 Å². The zero-order valence-corrected chi connectivity index (χ0v) is 16.7. The summed E-state index contributed by atoms with van der Waals surface area (Å²) in [6.45, 7) is 0. The number of ether oxygens (including phenoxy) is 1. The molecular formula is C26H21NO4. The van der Waals surface area contributed by atoms with Crippen molar-refractivity contribution < 1.29 is 19.4 Å². The first kappa shape index (κ1) is 19.1. The first-order valence-electron chi connectivity index (χ1n) is 10.3. The molecule has 0 aromatic heterocycles. The maximum Gasteiger partial charge on any atom is 0.345 e. The molecular weight excluding hydrogens is 390 g/mol. The third kappa shape index (κ3) is 3.48. The summed E-state index contributed by atoms with van der Waals surface area (Å²) in [5.74, 6) is -1.06. The van der Waals surface area contributed by atoms with E-state index in [1.54, 1.807) is 18.2 Å². The molecule has 0 radical (unpaired) electrons. The minimum Gasteiger partial charge on any atom is -0.480 e. The topological polar surface area (TPSA) is 75.6 Å². The highest BCUT2D eigenvalue weighted by Gasteiger charge is 2.42. The van der Waals surface area contributed by atoms with Crippen LogP contribution in [-0.2, 0) is 4.79 Å². The van der Waals surface area contributed by atoms with Crippen molar-refractivity contribution in [3.63, 3.8) is 0 Å². The quantitative estimate of drug-likeness (QED) is 0.354. The van der Waals surface area contributed by atoms with Crippen LogP contribution in [0.2, 0.25) is 0 Å². The summed E-state index contributed by atoms with van der Waals surface area (Å²) in [5, 5.41) is 12.8. The smallest absolute Gasteiger partial charge is 0.345 e. The van der Waals surface area contributed by atoms with Crippen LogP contribution in [0.4, 0.5) is 5.69 Å². The number of allylic oxidation sites excluding steroid dienone is 2. The molecule has 3 atom stereocenters. The van der Waals surface area contributed by atoms with Gasteiger partial charge in [-0.1, -0.05) is 66.7 Å². The summed E-state index contributed by atoms with van der Waals surface area (Å²) in [6.07, 6.45) is 4.76. The highest BCUT2D eigenvalue weighted by atomic mass is 16.5. The molecule has 5 nitrogen and oxygen atoms in total. The molecule has 1 aliphatic heterocycles. The first-order chi connectivity index (χ1) is 15.1. The number of hydrogen-bond acceptors (Lipinski definition) is 4. The zero-order chi connectivity index (χ0) is 21.4. The number of rotatable bonds is 4. The van der Waals surface area contributed by atoms with E-state index in [1.165, 1.54) is 0 Å². The Morgan fingerprint density at radius 1 is 0.903 bits per heavy atom. The number of para-hydroxylation sites is 1. The van der Waals surface area contributed by atoms with Gasteiger partial charge in [0.25, 0.3) is 0 Å². The Kier molecular flexibility index (Phi) is 4.79. The van der Waals surface area contributed by atoms with Crippen LogP contribution in [0.3, 0.4) is 0 Å². The number of benzene rings is 3. The van der Waals surface area contributed by atoms with Crippen molar-refractivity contribution >= 4 is 17.6 Å². The lowest BCUT2D eigenvalue weighted by Gasteiger charge is -2.35. The van der Waals surface area contributed by atoms with Crippen LogP contribution < -0.4 is 10.1 Å². The molecule has 0 saturated heterocycles. The maximum atomic E-state index is 13.0. The van der Waals surface area contributed by atoms with Gasteiger partial charge in [0.05, 0.1) is 11.3 Å². The molecule has 31 heavy (non-hydrogen) atoms. The average molecular weight is 411 g/mol. The van der Waals surface area contributed by atoms with Crippen LogP contribution in [0.1, 0.15) is 28.3 Å². The number of carboxylic acid groups (broad SMARTS) is 1. The number of aliphatic carboxylic acids is 1. The predicted molar refractivity (Wildman–Crippen MR) is 118 cm³/mol. The van der Waals surface area contributed by atoms with Gasteiger partial charge in [0.2, 0.25) is 0 Å². The summed E-state index contributed by atoms with van der Waals surface area (Å²) < 4.78 is 5.62. The van der Waals surface area contributed by atoms with Gasteiger partial charge in [-0.3, -0.25) is 0 Å². The second-order valence-electron chi connectivity index (χ2n) is 7.86. The fourth-order valence-corrected chi connectivity index (χ4v) is 4.54. The summed E-state index contributed by atoms with van der Waals surface area (Å²) in [4.78, 5) is 24.8. The van der Waals surface area contributed by atoms with Gasteiger partial charge in [0.1, 0.15) is 11.8 Å². The molecule has 2 N–H and O–H groups in total. The van der Waals surface area contributed by atoms with Gasteiger partial charge in [-0.2, -0.15) is 0 Å². The molecule has 0 spiro atoms. The maximum absolute atomic E-state index is 13.0. The van der Waals surface area contributed by atoms with Crippen molar-refractivity contribution in [1.29, 1.82) is 0 Å². The summed E-state index contributed by atoms with van der Waals surface area (Å²) in [5.41, 5.74) is 3.94. The Morgan fingerprint density at radius 2 is 1.65 bits per heavy atom. The van der Waals surface area contributed by atoms with E-state index in [9.17, 15) is 14.7 Å². The lowest BCUT2D eigenvalue weighted by molar-refractivity contribution is -0.139. The van der Waals surface area contributed by atoms with Crippen molar-refractivity contribution in [2.45, 2.75) is 18.4 Å². The number of carbonyl (C=O) groups is 2. The van der Waals surface area contributed by atoms with Crippen LogP contribution in [0.5, 0.6) is 5.75 Å². The van der Waals surface area contributed by atoms with Crippen LogP contribution in [-0.4, -0.2) is 23.1 Å². The molecule has 0 bridgehead atoms. The Balaban J connectivity index is 1.41. The van der Waals surface area contributed by atoms with Crippen LogP contribution in [0.15, 0.2) is 84.9 Å². The number of carboxylic acids is 1. The normalized spacial score (nSPS) is 21.0. The van der Waals surface area contributed by atoms with Gasteiger partial charge in [0.15, 0.2) is 0 Å². The van der Waals surface area contributed by atoms with Gasteiger partial charge in [-0.05, 0) is 41.3 Å². The van der Waals surface area contributed by atoms with Crippen LogP contribution in [0, 0.1) is 5.92 Å². The number of esters is 1. The Bertz CT molecular complexity index is 1170. The van der Waals surface area contributed by atoms with E-state index in [2.05, 4.69) is 5.32 Å². The third-order valence-electron chi connectivity index (χ3n) is 6.05. The number of carbonyl (C=O) groups excluding carboxylic acids is 1. The van der Waals surface area contributed by atoms with Crippen molar-refractivity contribution in [3.05, 3.63) is 96.1 Å². The fraction of sp³-hybridized carbons (Fsp3) is 0.154. The Labute approximate surface area is 180 Å². The van der Waals surface area contributed by atoms with Crippen LogP contribution in [0.25, 0.3) is 11.1 Å². The van der Waals surface area contributed by atoms with E-state index in [0.29, 0.717) is 23.4 Å². The molecule has 5 rings (SSSR count). The lowest BCUT2D eigenvalue weighted by atomic mass is 9.78. The van der Waals surface area contributed by atoms with E-state index in [1.807, 2.05) is 66.7 Å². The third-order valence-corrected chi connectivity index (χ3v) is 6.05. The number of anilines is 1. The number of hydrogen-bond donors (Lipinski definition) is 2. The minimum atomic E-state index is -0.913. The Hall–Kier alpha value is -3.86. The number of fused-ring (bicyclic) bond motifs is 3. The standard InChI is InChI=1S/C26H21NO4/c28-25(29)24-21-10-4-8-19(21)20-9-5-11-22(23(20)27-24)26(30)31-18-14-12-17(13-15-18)16-6-2-1-3-7-16/h1-9,11-15,19,21,24,27H,10H2,(H,28,29)/t19-,21+,24-/m0/s1. The summed E-state index contributed by atoms with van der Waals surface area (Å²) >= 11 is 0. The molecule has 1 aliphatic carbocycles. The van der Waals surface area contributed by atoms with E-state index in [-0.39, 0.29) is 11.8 Å². The Morgan fingerprint density at radius 3 is 2.39 bits per heavy atom. The van der Waals surface area contributed by atoms with Gasteiger partial charge in [0, 0.05) is 11.8 Å². The van der Waals surface area contributed by atoms with Crippen molar-refractivity contribution in [3.8, 4) is 16.9 Å². The fourth-order valence-electron chi connectivity index (χ4n) is 4.54. The summed E-state index contributed by atoms with van der Waals surface area (Å²) in [6, 6.07) is 22.0. The number of nitrogens with one attached hydrogen (secondary N) is 1. The molecule has 0 amide bonds. The molecule has 3 aromatic rings. The highest BCUT2D eigenvalue weighted by Crippen LogP contribution is 2.45. The minimum absolute atomic E-state index is 0.0183. The van der Waals surface area contributed by atoms with Crippen molar-refractivity contribution in [2.75, 3.05) is 5.32 Å². The van der Waals surface area contributed by atoms with E-state index < -0.39 is 18.0 Å². The predicted octanol–water partition coefficient (Wildman–Crippen LogP) is 5.11. The second-order valence-corrected chi connectivity index (χ2v) is 7.86. The van der Waals surface area contributed by atoms with Crippen molar-refractivity contribution in [1.82, 2.24) is 0 Å². The second kappa shape index (κ2) is 7.76. The molecule has 0 saturated carbocycles. The van der Waals surface area contributed by atoms with Gasteiger partial charge < -0.3 is 15.2 Å². The molecule has 1 heterocycles. The molecule has 5 heteroatoms. The molecule has 2 aliphatic rings. The van der Waals surface area contributed by atoms with Gasteiger partial charge in [-0.15, -0.1) is 0 Å². The van der Waals surface area contributed by atoms with Gasteiger partial charge in [-0.25, -0.2) is 9.59 Å². The molecule has 3 aromatic carbocycles. The molecule has 154 valence electrons. The first-order valence-corrected chi connectivity index (χ1v) is 10.3. The summed E-state index contributed by atoms with van der Waals surface area (Å²) in [7, 11) is 0. The highest BCUT2D eigenvalue weighted by molar-refractivity contribution is 5.99.